The number of aryl methyl sites for hydroxylation is 1. The summed E-state index contributed by atoms with van der Waals surface area (Å²) >= 11 is 1.65. The third kappa shape index (κ3) is 2.49. The van der Waals surface area contributed by atoms with E-state index in [2.05, 4.69) is 18.8 Å². The van der Waals surface area contributed by atoms with Gasteiger partial charge in [0, 0.05) is 5.92 Å². The molecule has 1 aromatic rings. The van der Waals surface area contributed by atoms with Gasteiger partial charge in [0.05, 0.1) is 15.6 Å². The van der Waals surface area contributed by atoms with Crippen LogP contribution in [0.15, 0.2) is 6.08 Å². The van der Waals surface area contributed by atoms with Gasteiger partial charge in [-0.1, -0.05) is 13.8 Å². The van der Waals surface area contributed by atoms with Gasteiger partial charge in [-0.25, -0.2) is 4.98 Å². The van der Waals surface area contributed by atoms with Crippen molar-refractivity contribution in [1.82, 2.24) is 4.98 Å². The van der Waals surface area contributed by atoms with E-state index in [1.165, 1.54) is 6.08 Å². The Morgan fingerprint density at radius 3 is 2.62 bits per heavy atom. The Labute approximate surface area is 82.3 Å². The summed E-state index contributed by atoms with van der Waals surface area (Å²) in [4.78, 5) is 15.6. The summed E-state index contributed by atoms with van der Waals surface area (Å²) in [7, 11) is 0. The number of carbonyl (C=O) groups excluding carboxylic acids is 1. The molecule has 0 atom stereocenters. The lowest BCUT2D eigenvalue weighted by Gasteiger charge is -1.94. The predicted molar refractivity (Wildman–Crippen MR) is 56.0 cm³/mol. The molecule has 13 heavy (non-hydrogen) atoms. The van der Waals surface area contributed by atoms with Crippen molar-refractivity contribution < 1.29 is 4.79 Å². The Morgan fingerprint density at radius 2 is 2.15 bits per heavy atom. The van der Waals surface area contributed by atoms with Gasteiger partial charge in [-0.3, -0.25) is 4.79 Å². The second-order valence-corrected chi connectivity index (χ2v) is 4.21. The number of thiazole rings is 1. The average molecular weight is 195 g/mol. The first kappa shape index (κ1) is 10.1. The van der Waals surface area contributed by atoms with Gasteiger partial charge in [-0.2, -0.15) is 0 Å². The highest BCUT2D eigenvalue weighted by Crippen LogP contribution is 2.25. The molecule has 0 fully saturated rings. The van der Waals surface area contributed by atoms with Crippen LogP contribution in [0.1, 0.15) is 35.3 Å². The molecule has 0 amide bonds. The highest BCUT2D eigenvalue weighted by molar-refractivity contribution is 7.12. The van der Waals surface area contributed by atoms with E-state index >= 15 is 0 Å². The maximum Gasteiger partial charge on any atom is 0.142 e. The molecule has 1 heterocycles. The second kappa shape index (κ2) is 4.33. The topological polar surface area (TPSA) is 30.0 Å². The lowest BCUT2D eigenvalue weighted by molar-refractivity contribution is -0.104. The molecule has 0 aliphatic carbocycles. The molecular formula is C10H13NOS. The maximum atomic E-state index is 10.1. The molecule has 0 saturated carbocycles. The van der Waals surface area contributed by atoms with Gasteiger partial charge in [0.1, 0.15) is 6.29 Å². The highest BCUT2D eigenvalue weighted by Gasteiger charge is 2.07. The minimum atomic E-state index is 0.460. The summed E-state index contributed by atoms with van der Waals surface area (Å²) in [5.41, 5.74) is 1.01. The Kier molecular flexibility index (Phi) is 3.37. The molecule has 0 saturated heterocycles. The first-order valence-electron chi connectivity index (χ1n) is 4.24. The highest BCUT2D eigenvalue weighted by atomic mass is 32.1. The van der Waals surface area contributed by atoms with E-state index in [0.29, 0.717) is 5.92 Å². The maximum absolute atomic E-state index is 10.1. The van der Waals surface area contributed by atoms with Crippen molar-refractivity contribution in [2.24, 2.45) is 0 Å². The zero-order chi connectivity index (χ0) is 9.84. The normalized spacial score (nSPS) is 11.4. The van der Waals surface area contributed by atoms with Crippen molar-refractivity contribution in [2.45, 2.75) is 26.7 Å². The van der Waals surface area contributed by atoms with Crippen LogP contribution in [0.2, 0.25) is 0 Å². The fourth-order valence-electron chi connectivity index (χ4n) is 0.958. The van der Waals surface area contributed by atoms with E-state index in [-0.39, 0.29) is 0 Å². The van der Waals surface area contributed by atoms with Crippen molar-refractivity contribution in [2.75, 3.05) is 0 Å². The molecule has 2 nitrogen and oxygen atoms in total. The van der Waals surface area contributed by atoms with Gasteiger partial charge < -0.3 is 0 Å². The third-order valence-electron chi connectivity index (χ3n) is 1.67. The van der Waals surface area contributed by atoms with Crippen LogP contribution in [-0.2, 0) is 4.79 Å². The average Bonchev–Trinajstić information content (AvgIpc) is 2.44. The number of hydrogen-bond donors (Lipinski definition) is 0. The van der Waals surface area contributed by atoms with Gasteiger partial charge in [-0.15, -0.1) is 11.3 Å². The Morgan fingerprint density at radius 1 is 1.46 bits per heavy atom. The SMILES string of the molecule is Cc1nc(C(C)C)sc1/C=C/C=O. The molecule has 0 bridgehead atoms. The molecule has 1 rings (SSSR count). The van der Waals surface area contributed by atoms with E-state index in [1.807, 2.05) is 13.0 Å². The molecule has 0 aliphatic rings. The monoisotopic (exact) mass is 195 g/mol. The number of hydrogen-bond acceptors (Lipinski definition) is 3. The Bertz CT molecular complexity index is 326. The Balaban J connectivity index is 2.96. The molecule has 0 aromatic carbocycles. The van der Waals surface area contributed by atoms with Crippen LogP contribution in [0.4, 0.5) is 0 Å². The van der Waals surface area contributed by atoms with E-state index in [0.717, 1.165) is 21.9 Å². The minimum absolute atomic E-state index is 0.460. The smallest absolute Gasteiger partial charge is 0.142 e. The molecular weight excluding hydrogens is 182 g/mol. The third-order valence-corrected chi connectivity index (χ3v) is 3.09. The largest absolute Gasteiger partial charge is 0.299 e. The lowest BCUT2D eigenvalue weighted by atomic mass is 10.2. The van der Waals surface area contributed by atoms with Crippen LogP contribution < -0.4 is 0 Å². The number of nitrogens with zero attached hydrogens (tertiary/aromatic N) is 1. The molecule has 3 heteroatoms. The predicted octanol–water partition coefficient (Wildman–Crippen LogP) is 2.79. The summed E-state index contributed by atoms with van der Waals surface area (Å²) in [6.07, 6.45) is 4.10. The first-order valence-corrected chi connectivity index (χ1v) is 5.06. The number of allylic oxidation sites excluding steroid dienone is 1. The second-order valence-electron chi connectivity index (χ2n) is 3.15. The quantitative estimate of drug-likeness (QED) is 0.548. The lowest BCUT2D eigenvalue weighted by Crippen LogP contribution is -1.84. The van der Waals surface area contributed by atoms with E-state index in [9.17, 15) is 4.79 Å². The van der Waals surface area contributed by atoms with Crippen LogP contribution in [0.25, 0.3) is 6.08 Å². The fourth-order valence-corrected chi connectivity index (χ4v) is 1.94. The van der Waals surface area contributed by atoms with Crippen molar-refractivity contribution in [3.05, 3.63) is 21.7 Å². The fraction of sp³-hybridized carbons (Fsp3) is 0.400. The van der Waals surface area contributed by atoms with Crippen LogP contribution >= 0.6 is 11.3 Å². The summed E-state index contributed by atoms with van der Waals surface area (Å²) < 4.78 is 0. The van der Waals surface area contributed by atoms with Gasteiger partial charge >= 0.3 is 0 Å². The zero-order valence-electron chi connectivity index (χ0n) is 8.07. The number of aromatic nitrogens is 1. The summed E-state index contributed by atoms with van der Waals surface area (Å²) in [6.45, 7) is 6.20. The minimum Gasteiger partial charge on any atom is -0.299 e. The Hall–Kier alpha value is -0.960. The van der Waals surface area contributed by atoms with Crippen molar-refractivity contribution in [3.63, 3.8) is 0 Å². The first-order chi connectivity index (χ1) is 6.15. The molecule has 1 aromatic heterocycles. The molecule has 0 radical (unpaired) electrons. The van der Waals surface area contributed by atoms with Gasteiger partial charge in [0.2, 0.25) is 0 Å². The molecule has 0 N–H and O–H groups in total. The summed E-state index contributed by atoms with van der Waals surface area (Å²) in [5.74, 6) is 0.460. The van der Waals surface area contributed by atoms with Gasteiger partial charge in [0.15, 0.2) is 0 Å². The molecule has 0 unspecified atom stereocenters. The van der Waals surface area contributed by atoms with E-state index < -0.39 is 0 Å². The van der Waals surface area contributed by atoms with E-state index in [4.69, 9.17) is 0 Å². The number of rotatable bonds is 3. The summed E-state index contributed by atoms with van der Waals surface area (Å²) in [5, 5.41) is 1.13. The van der Waals surface area contributed by atoms with E-state index in [1.54, 1.807) is 11.3 Å². The van der Waals surface area contributed by atoms with Crippen LogP contribution in [0.5, 0.6) is 0 Å². The molecule has 70 valence electrons. The van der Waals surface area contributed by atoms with Crippen LogP contribution in [-0.4, -0.2) is 11.3 Å². The molecule has 0 spiro atoms. The van der Waals surface area contributed by atoms with Gasteiger partial charge in [0.25, 0.3) is 0 Å². The number of aldehydes is 1. The standard InChI is InChI=1S/C10H13NOS/c1-7(2)10-11-8(3)9(13-10)5-4-6-12/h4-7H,1-3H3/b5-4+. The van der Waals surface area contributed by atoms with Crippen LogP contribution in [0.3, 0.4) is 0 Å². The van der Waals surface area contributed by atoms with Crippen molar-refractivity contribution in [3.8, 4) is 0 Å². The van der Waals surface area contributed by atoms with Crippen molar-refractivity contribution in [1.29, 1.82) is 0 Å². The van der Waals surface area contributed by atoms with Crippen LogP contribution in [0, 0.1) is 6.92 Å². The molecule has 0 aliphatic heterocycles. The van der Waals surface area contributed by atoms with Gasteiger partial charge in [-0.05, 0) is 19.1 Å². The number of carbonyl (C=O) groups is 1. The van der Waals surface area contributed by atoms with Crippen molar-refractivity contribution >= 4 is 23.7 Å². The summed E-state index contributed by atoms with van der Waals surface area (Å²) in [6, 6.07) is 0. The zero-order valence-corrected chi connectivity index (χ0v) is 8.89.